The maximum atomic E-state index is 12.8. The van der Waals surface area contributed by atoms with Crippen molar-refractivity contribution in [1.82, 2.24) is 5.32 Å². The number of anilines is 1. The Hall–Kier alpha value is -4.01. The fraction of sp³-hybridized carbons (Fsp3) is 0.231. The molecule has 3 rings (SSSR count). The van der Waals surface area contributed by atoms with Gasteiger partial charge in [0.2, 0.25) is 0 Å². The van der Waals surface area contributed by atoms with Gasteiger partial charge in [-0.25, -0.2) is 9.59 Å². The highest BCUT2D eigenvalue weighted by Gasteiger charge is 2.31. The van der Waals surface area contributed by atoms with Crippen molar-refractivity contribution in [3.8, 4) is 5.75 Å². The van der Waals surface area contributed by atoms with Gasteiger partial charge in [0.1, 0.15) is 5.75 Å². The minimum atomic E-state index is -4.81. The molecule has 0 heterocycles. The molecule has 2 amide bonds. The Balaban J connectivity index is 1.82. The van der Waals surface area contributed by atoms with Crippen molar-refractivity contribution in [2.24, 2.45) is 0 Å². The summed E-state index contributed by atoms with van der Waals surface area (Å²) in [5.74, 6) is -1.47. The third kappa shape index (κ3) is 7.23. The van der Waals surface area contributed by atoms with Crippen molar-refractivity contribution >= 4 is 17.7 Å². The first-order valence-electron chi connectivity index (χ1n) is 10.7. The Morgan fingerprint density at radius 3 is 1.80 bits per heavy atom. The first-order chi connectivity index (χ1) is 16.3. The number of halogens is 3. The Kier molecular flexibility index (Phi) is 7.38. The van der Waals surface area contributed by atoms with Crippen molar-refractivity contribution in [1.29, 1.82) is 0 Å². The fourth-order valence-corrected chi connectivity index (χ4v) is 3.39. The van der Waals surface area contributed by atoms with Crippen LogP contribution in [0, 0.1) is 0 Å². The van der Waals surface area contributed by atoms with Gasteiger partial charge >= 0.3 is 18.4 Å². The Morgan fingerprint density at radius 1 is 0.829 bits per heavy atom. The van der Waals surface area contributed by atoms with E-state index in [0.29, 0.717) is 5.56 Å². The molecule has 0 fully saturated rings. The van der Waals surface area contributed by atoms with E-state index >= 15 is 0 Å². The normalized spacial score (nSPS) is 12.5. The van der Waals surface area contributed by atoms with E-state index in [0.717, 1.165) is 23.3 Å². The first-order valence-corrected chi connectivity index (χ1v) is 10.7. The van der Waals surface area contributed by atoms with E-state index in [4.69, 9.17) is 0 Å². The quantitative estimate of drug-likeness (QED) is 0.372. The number of urea groups is 1. The monoisotopic (exact) mass is 486 g/mol. The molecule has 184 valence electrons. The smallest absolute Gasteiger partial charge is 0.478 e. The highest BCUT2D eigenvalue weighted by atomic mass is 19.4. The van der Waals surface area contributed by atoms with Crippen molar-refractivity contribution < 1.29 is 32.6 Å². The molecule has 0 radical (unpaired) electrons. The van der Waals surface area contributed by atoms with Gasteiger partial charge in [-0.1, -0.05) is 57.2 Å². The van der Waals surface area contributed by atoms with Crippen LogP contribution < -0.4 is 15.4 Å². The number of ether oxygens (including phenoxy) is 1. The van der Waals surface area contributed by atoms with Crippen LogP contribution in [0.15, 0.2) is 72.8 Å². The SMILES string of the molecule is CC(C)(C)c1ccc(C(NC(=O)Nc2ccc(OC(F)(F)F)cc2)c2ccc(C(=O)O)cc2)cc1. The Bertz CT molecular complexity index is 1170. The molecule has 9 heteroatoms. The van der Waals surface area contributed by atoms with E-state index < -0.39 is 30.2 Å². The number of rotatable bonds is 6. The molecule has 3 N–H and O–H groups in total. The molecule has 3 aromatic rings. The number of carbonyl (C=O) groups excluding carboxylic acids is 1. The van der Waals surface area contributed by atoms with E-state index in [-0.39, 0.29) is 16.7 Å². The van der Waals surface area contributed by atoms with E-state index in [2.05, 4.69) is 36.1 Å². The van der Waals surface area contributed by atoms with Gasteiger partial charge in [-0.2, -0.15) is 0 Å². The average molecular weight is 486 g/mol. The predicted molar refractivity (Wildman–Crippen MR) is 126 cm³/mol. The van der Waals surface area contributed by atoms with Crippen molar-refractivity contribution in [2.75, 3.05) is 5.32 Å². The van der Waals surface area contributed by atoms with Crippen LogP contribution in [0.1, 0.15) is 53.9 Å². The summed E-state index contributed by atoms with van der Waals surface area (Å²) >= 11 is 0. The second-order valence-corrected chi connectivity index (χ2v) is 8.90. The molecule has 0 aliphatic rings. The minimum Gasteiger partial charge on any atom is -0.478 e. The number of hydrogen-bond acceptors (Lipinski definition) is 3. The van der Waals surface area contributed by atoms with Gasteiger partial charge in [0.25, 0.3) is 0 Å². The second-order valence-electron chi connectivity index (χ2n) is 8.90. The third-order valence-electron chi connectivity index (χ3n) is 5.22. The summed E-state index contributed by atoms with van der Waals surface area (Å²) in [6.07, 6.45) is -4.81. The lowest BCUT2D eigenvalue weighted by molar-refractivity contribution is -0.274. The number of carbonyl (C=O) groups is 2. The number of hydrogen-bond donors (Lipinski definition) is 3. The molecule has 0 aliphatic carbocycles. The zero-order valence-corrected chi connectivity index (χ0v) is 19.3. The second kappa shape index (κ2) is 10.1. The van der Waals surface area contributed by atoms with Crippen molar-refractivity contribution in [3.05, 3.63) is 95.1 Å². The highest BCUT2D eigenvalue weighted by Crippen LogP contribution is 2.28. The van der Waals surface area contributed by atoms with Crippen LogP contribution in [-0.2, 0) is 5.41 Å². The van der Waals surface area contributed by atoms with Crippen LogP contribution in [0.5, 0.6) is 5.75 Å². The molecule has 35 heavy (non-hydrogen) atoms. The molecule has 1 atom stereocenters. The average Bonchev–Trinajstić information content (AvgIpc) is 2.77. The lowest BCUT2D eigenvalue weighted by Crippen LogP contribution is -2.33. The molecular weight excluding hydrogens is 461 g/mol. The maximum absolute atomic E-state index is 12.8. The molecule has 0 aliphatic heterocycles. The third-order valence-corrected chi connectivity index (χ3v) is 5.22. The standard InChI is InChI=1S/C26H25F3N2O4/c1-25(2,3)19-10-8-17(9-11-19)22(16-4-6-18(7-5-16)23(32)33)31-24(34)30-20-12-14-21(15-13-20)35-26(27,28)29/h4-15,22H,1-3H3,(H,32,33)(H2,30,31,34). The lowest BCUT2D eigenvalue weighted by atomic mass is 9.85. The summed E-state index contributed by atoms with van der Waals surface area (Å²) < 4.78 is 40.9. The molecule has 1 unspecified atom stereocenters. The summed E-state index contributed by atoms with van der Waals surface area (Å²) in [4.78, 5) is 24.0. The molecule has 3 aromatic carbocycles. The summed E-state index contributed by atoms with van der Waals surface area (Å²) in [6.45, 7) is 6.25. The van der Waals surface area contributed by atoms with Crippen LogP contribution in [0.2, 0.25) is 0 Å². The molecule has 0 saturated heterocycles. The van der Waals surface area contributed by atoms with E-state index in [9.17, 15) is 27.9 Å². The maximum Gasteiger partial charge on any atom is 0.573 e. The Morgan fingerprint density at radius 2 is 1.34 bits per heavy atom. The van der Waals surface area contributed by atoms with Crippen molar-refractivity contribution in [2.45, 2.75) is 38.6 Å². The number of nitrogens with one attached hydrogen (secondary N) is 2. The predicted octanol–water partition coefficient (Wildman–Crippen LogP) is 6.49. The van der Waals surface area contributed by atoms with Crippen molar-refractivity contribution in [3.63, 3.8) is 0 Å². The molecule has 0 bridgehead atoms. The summed E-state index contributed by atoms with van der Waals surface area (Å²) in [5.41, 5.74) is 2.84. The summed E-state index contributed by atoms with van der Waals surface area (Å²) in [6, 6.07) is 17.4. The van der Waals surface area contributed by atoms with Gasteiger partial charge < -0.3 is 20.5 Å². The summed E-state index contributed by atoms with van der Waals surface area (Å²) in [7, 11) is 0. The molecule has 0 spiro atoms. The molecule has 6 nitrogen and oxygen atoms in total. The van der Waals surface area contributed by atoms with Gasteiger partial charge in [0.05, 0.1) is 11.6 Å². The zero-order chi connectivity index (χ0) is 25.8. The highest BCUT2D eigenvalue weighted by molar-refractivity contribution is 5.90. The van der Waals surface area contributed by atoms with Crippen LogP contribution in [0.25, 0.3) is 0 Å². The molecule has 0 aromatic heterocycles. The molecule has 0 saturated carbocycles. The number of benzene rings is 3. The molecular formula is C26H25F3N2O4. The number of aromatic carboxylic acids is 1. The fourth-order valence-electron chi connectivity index (χ4n) is 3.39. The van der Waals surface area contributed by atoms with Crippen LogP contribution >= 0.6 is 0 Å². The van der Waals surface area contributed by atoms with Gasteiger partial charge in [0.15, 0.2) is 0 Å². The van der Waals surface area contributed by atoms with E-state index in [1.807, 2.05) is 24.3 Å². The topological polar surface area (TPSA) is 87.7 Å². The summed E-state index contributed by atoms with van der Waals surface area (Å²) in [5, 5.41) is 14.6. The first kappa shape index (κ1) is 25.6. The van der Waals surface area contributed by atoms with E-state index in [1.54, 1.807) is 12.1 Å². The van der Waals surface area contributed by atoms with Crippen LogP contribution in [0.3, 0.4) is 0 Å². The minimum absolute atomic E-state index is 0.0655. The van der Waals surface area contributed by atoms with Gasteiger partial charge in [-0.15, -0.1) is 13.2 Å². The van der Waals surface area contributed by atoms with Gasteiger partial charge in [0, 0.05) is 5.69 Å². The van der Waals surface area contributed by atoms with E-state index in [1.165, 1.54) is 24.3 Å². The van der Waals surface area contributed by atoms with Gasteiger partial charge in [-0.3, -0.25) is 0 Å². The lowest BCUT2D eigenvalue weighted by Gasteiger charge is -2.23. The van der Waals surface area contributed by atoms with Crippen LogP contribution in [-0.4, -0.2) is 23.5 Å². The zero-order valence-electron chi connectivity index (χ0n) is 19.3. The van der Waals surface area contributed by atoms with Gasteiger partial charge in [-0.05, 0) is 58.5 Å². The number of carboxylic acids is 1. The number of alkyl halides is 3. The number of carboxylic acid groups (broad SMARTS) is 1. The van der Waals surface area contributed by atoms with Crippen LogP contribution in [0.4, 0.5) is 23.7 Å². The Labute approximate surface area is 200 Å². The number of amides is 2. The largest absolute Gasteiger partial charge is 0.573 e.